The molecular formula is C38H38Hf. The van der Waals surface area contributed by atoms with Gasteiger partial charge in [0.2, 0.25) is 0 Å². The standard InChI is InChI=1S/C36H32.2CH3.Hf/c1-5-36(4,30-20-28-8-6-10-32(34(28)22-30)26-16-12-24(2)13-17-26)31-21-29-9-7-11-33(35(29)23-31)27-18-14-25(3)15-19-27;;;/h6-23H,5H2,1-4H3;2*1H3;/q-2;2*-1;+4. The monoisotopic (exact) mass is 674 g/mol. The predicted octanol–water partition coefficient (Wildman–Crippen LogP) is 11.0. The van der Waals surface area contributed by atoms with Crippen LogP contribution in [0, 0.1) is 28.7 Å². The number of benzene rings is 4. The number of hydrogen-bond acceptors (Lipinski definition) is 0. The largest absolute Gasteiger partial charge is 4.00 e. The summed E-state index contributed by atoms with van der Waals surface area (Å²) < 4.78 is 0. The number of rotatable bonds is 5. The Kier molecular flexibility index (Phi) is 9.39. The second-order valence-electron chi connectivity index (χ2n) is 10.5. The zero-order valence-corrected chi connectivity index (χ0v) is 27.7. The Morgan fingerprint density at radius 1 is 0.590 bits per heavy atom. The van der Waals surface area contributed by atoms with Gasteiger partial charge in [-0.15, -0.1) is 69.1 Å². The fraction of sp³-hybridized carbons (Fsp3) is 0.158. The first-order chi connectivity index (χ1) is 17.5. The van der Waals surface area contributed by atoms with Gasteiger partial charge >= 0.3 is 25.8 Å². The summed E-state index contributed by atoms with van der Waals surface area (Å²) in [5, 5.41) is 5.32. The van der Waals surface area contributed by atoms with Crippen molar-refractivity contribution in [3.63, 3.8) is 0 Å². The van der Waals surface area contributed by atoms with Crippen LogP contribution >= 0.6 is 0 Å². The van der Waals surface area contributed by atoms with Crippen molar-refractivity contribution in [1.82, 2.24) is 0 Å². The van der Waals surface area contributed by atoms with Gasteiger partial charge in [0.25, 0.3) is 0 Å². The fourth-order valence-electron chi connectivity index (χ4n) is 5.65. The van der Waals surface area contributed by atoms with Crippen LogP contribution in [-0.4, -0.2) is 0 Å². The first-order valence-electron chi connectivity index (χ1n) is 13.0. The Morgan fingerprint density at radius 2 is 0.974 bits per heavy atom. The molecule has 0 radical (unpaired) electrons. The third-order valence-corrected chi connectivity index (χ3v) is 8.21. The Hall–Kier alpha value is -3.03. The summed E-state index contributed by atoms with van der Waals surface area (Å²) >= 11 is 0. The smallest absolute Gasteiger partial charge is 0.358 e. The van der Waals surface area contributed by atoms with Gasteiger partial charge in [-0.25, -0.2) is 0 Å². The number of fused-ring (bicyclic) bond motifs is 2. The molecule has 0 fully saturated rings. The molecule has 0 aromatic heterocycles. The van der Waals surface area contributed by atoms with Crippen LogP contribution < -0.4 is 0 Å². The molecule has 0 aliphatic carbocycles. The van der Waals surface area contributed by atoms with Crippen LogP contribution in [0.2, 0.25) is 0 Å². The van der Waals surface area contributed by atoms with Crippen molar-refractivity contribution in [3.8, 4) is 22.3 Å². The average molecular weight is 673 g/mol. The summed E-state index contributed by atoms with van der Waals surface area (Å²) in [6.45, 7) is 9.02. The molecule has 0 spiro atoms. The van der Waals surface area contributed by atoms with Gasteiger partial charge in [0.15, 0.2) is 0 Å². The quantitative estimate of drug-likeness (QED) is 0.126. The molecule has 6 aromatic carbocycles. The molecule has 0 atom stereocenters. The zero-order chi connectivity index (χ0) is 24.9. The minimum atomic E-state index is -0.0624. The van der Waals surface area contributed by atoms with Gasteiger partial charge in [-0.2, -0.15) is 12.1 Å². The molecule has 0 N–H and O–H groups in total. The Morgan fingerprint density at radius 3 is 1.33 bits per heavy atom. The topological polar surface area (TPSA) is 0 Å². The maximum atomic E-state index is 2.44. The Bertz CT molecular complexity index is 1550. The van der Waals surface area contributed by atoms with Gasteiger partial charge in [-0.3, -0.25) is 0 Å². The van der Waals surface area contributed by atoms with Gasteiger partial charge in [0.1, 0.15) is 0 Å². The minimum absolute atomic E-state index is 0. The summed E-state index contributed by atoms with van der Waals surface area (Å²) in [7, 11) is 0. The van der Waals surface area contributed by atoms with Crippen LogP contribution in [0.15, 0.2) is 109 Å². The minimum Gasteiger partial charge on any atom is -0.358 e. The number of hydrogen-bond donors (Lipinski definition) is 0. The fourth-order valence-corrected chi connectivity index (χ4v) is 5.65. The molecule has 1 heteroatoms. The number of aryl methyl sites for hydroxylation is 2. The van der Waals surface area contributed by atoms with Gasteiger partial charge in [-0.1, -0.05) is 96.8 Å². The molecule has 0 amide bonds. The molecule has 0 saturated heterocycles. The van der Waals surface area contributed by atoms with Gasteiger partial charge in [0.05, 0.1) is 0 Å². The molecule has 6 aromatic rings. The third kappa shape index (κ3) is 5.39. The van der Waals surface area contributed by atoms with E-state index in [4.69, 9.17) is 0 Å². The molecule has 0 nitrogen and oxygen atoms in total. The molecule has 0 unspecified atom stereocenters. The first-order valence-corrected chi connectivity index (χ1v) is 13.0. The van der Waals surface area contributed by atoms with Crippen LogP contribution in [0.5, 0.6) is 0 Å². The van der Waals surface area contributed by atoms with Crippen molar-refractivity contribution in [2.24, 2.45) is 0 Å². The summed E-state index contributed by atoms with van der Waals surface area (Å²) in [4.78, 5) is 0. The Labute approximate surface area is 254 Å². The van der Waals surface area contributed by atoms with E-state index >= 15 is 0 Å². The SMILES string of the molecule is CCC(C)(c1cc2c(-c3ccc(C)cc3)cccc2[cH-]1)c1cc2c(-c3ccc(C)cc3)cccc2[cH-]1.[CH3-].[CH3-].[Hf+4]. The van der Waals surface area contributed by atoms with Crippen molar-refractivity contribution >= 4 is 21.5 Å². The van der Waals surface area contributed by atoms with E-state index in [9.17, 15) is 0 Å². The first kappa shape index (κ1) is 30.5. The van der Waals surface area contributed by atoms with Gasteiger partial charge in [0, 0.05) is 0 Å². The summed E-state index contributed by atoms with van der Waals surface area (Å²) in [5.74, 6) is 0. The second kappa shape index (κ2) is 12.0. The van der Waals surface area contributed by atoms with E-state index in [1.807, 2.05) is 0 Å². The molecule has 6 rings (SSSR count). The van der Waals surface area contributed by atoms with Crippen LogP contribution in [0.3, 0.4) is 0 Å². The molecule has 0 saturated carbocycles. The van der Waals surface area contributed by atoms with Crippen LogP contribution in [0.4, 0.5) is 0 Å². The van der Waals surface area contributed by atoms with Crippen molar-refractivity contribution in [1.29, 1.82) is 0 Å². The summed E-state index contributed by atoms with van der Waals surface area (Å²) in [6, 6.07) is 40.9. The molecule has 194 valence electrons. The molecule has 0 aliphatic heterocycles. The molecular weight excluding hydrogens is 635 g/mol. The van der Waals surface area contributed by atoms with Crippen molar-refractivity contribution in [3.05, 3.63) is 146 Å². The van der Waals surface area contributed by atoms with E-state index in [1.54, 1.807) is 0 Å². The predicted molar refractivity (Wildman–Crippen MR) is 169 cm³/mol. The van der Waals surface area contributed by atoms with E-state index in [-0.39, 0.29) is 46.1 Å². The van der Waals surface area contributed by atoms with E-state index in [1.165, 1.54) is 66.1 Å². The molecule has 0 aliphatic rings. The molecule has 0 bridgehead atoms. The van der Waals surface area contributed by atoms with Gasteiger partial charge < -0.3 is 14.9 Å². The average Bonchev–Trinajstić information content (AvgIpc) is 3.54. The summed E-state index contributed by atoms with van der Waals surface area (Å²) in [6.07, 6.45) is 1.04. The normalized spacial score (nSPS) is 11.1. The van der Waals surface area contributed by atoms with Gasteiger partial charge in [-0.05, 0) is 36.8 Å². The van der Waals surface area contributed by atoms with Crippen molar-refractivity contribution < 1.29 is 25.8 Å². The third-order valence-electron chi connectivity index (χ3n) is 8.21. The van der Waals surface area contributed by atoms with Crippen LogP contribution in [-0.2, 0) is 31.3 Å². The van der Waals surface area contributed by atoms with E-state index in [0.29, 0.717) is 0 Å². The maximum absolute atomic E-state index is 2.44. The zero-order valence-electron chi connectivity index (χ0n) is 24.1. The van der Waals surface area contributed by atoms with Crippen LogP contribution in [0.25, 0.3) is 43.8 Å². The molecule has 0 heterocycles. The van der Waals surface area contributed by atoms with Crippen LogP contribution in [0.1, 0.15) is 42.5 Å². The van der Waals surface area contributed by atoms with Crippen molar-refractivity contribution in [2.45, 2.75) is 39.5 Å². The Balaban J connectivity index is 0.00000140. The van der Waals surface area contributed by atoms with E-state index in [2.05, 4.69) is 137 Å². The second-order valence-corrected chi connectivity index (χ2v) is 10.5. The maximum Gasteiger partial charge on any atom is 4.00 e. The molecule has 39 heavy (non-hydrogen) atoms. The van der Waals surface area contributed by atoms with E-state index in [0.717, 1.165) is 6.42 Å². The van der Waals surface area contributed by atoms with Crippen molar-refractivity contribution in [2.75, 3.05) is 0 Å². The summed E-state index contributed by atoms with van der Waals surface area (Å²) in [5.41, 5.74) is 10.5. The van der Waals surface area contributed by atoms with E-state index < -0.39 is 0 Å².